The summed E-state index contributed by atoms with van der Waals surface area (Å²) in [4.78, 5) is 0.401. The summed E-state index contributed by atoms with van der Waals surface area (Å²) in [5.41, 5.74) is 7.44. The lowest BCUT2D eigenvalue weighted by Crippen LogP contribution is -2.47. The molecule has 0 aliphatic carbocycles. The van der Waals surface area contributed by atoms with Gasteiger partial charge in [0.2, 0.25) is 10.0 Å². The molecule has 1 unspecified atom stereocenters. The molecule has 1 fully saturated rings. The first-order valence-electron chi connectivity index (χ1n) is 6.86. The highest BCUT2D eigenvalue weighted by Crippen LogP contribution is 2.30. The first kappa shape index (κ1) is 15.9. The molecule has 0 aromatic heterocycles. The maximum absolute atomic E-state index is 12.9. The summed E-state index contributed by atoms with van der Waals surface area (Å²) >= 11 is 3.44. The van der Waals surface area contributed by atoms with Crippen molar-refractivity contribution in [2.75, 3.05) is 13.1 Å². The van der Waals surface area contributed by atoms with E-state index in [-0.39, 0.29) is 6.04 Å². The molecule has 0 saturated carbocycles. The summed E-state index contributed by atoms with van der Waals surface area (Å²) in [6, 6.07) is 3.54. The quantitative estimate of drug-likeness (QED) is 0.900. The normalized spacial score (nSPS) is 21.1. The molecule has 0 spiro atoms. The predicted molar refractivity (Wildman–Crippen MR) is 84.2 cm³/mol. The van der Waals surface area contributed by atoms with E-state index in [0.717, 1.165) is 34.9 Å². The molecule has 1 heterocycles. The van der Waals surface area contributed by atoms with E-state index in [9.17, 15) is 8.42 Å². The van der Waals surface area contributed by atoms with Crippen molar-refractivity contribution in [1.82, 2.24) is 4.31 Å². The number of nitrogens with two attached hydrogens (primary N) is 1. The molecule has 1 aliphatic rings. The van der Waals surface area contributed by atoms with Gasteiger partial charge in [0.1, 0.15) is 0 Å². The van der Waals surface area contributed by atoms with E-state index < -0.39 is 10.0 Å². The monoisotopic (exact) mass is 360 g/mol. The summed E-state index contributed by atoms with van der Waals surface area (Å²) in [5, 5.41) is 0. The lowest BCUT2D eigenvalue weighted by atomic mass is 10.1. The molecule has 20 heavy (non-hydrogen) atoms. The topological polar surface area (TPSA) is 63.4 Å². The van der Waals surface area contributed by atoms with Gasteiger partial charge in [-0.3, -0.25) is 0 Å². The number of hydrogen-bond donors (Lipinski definition) is 1. The second-order valence-electron chi connectivity index (χ2n) is 5.37. The van der Waals surface area contributed by atoms with E-state index >= 15 is 0 Å². The zero-order valence-corrected chi connectivity index (χ0v) is 14.3. The second-order valence-corrected chi connectivity index (χ2v) is 8.08. The number of benzene rings is 1. The molecular formula is C14H21BrN2O2S. The molecule has 1 aromatic rings. The van der Waals surface area contributed by atoms with E-state index in [1.165, 1.54) is 0 Å². The fourth-order valence-corrected chi connectivity index (χ4v) is 5.14. The Hall–Kier alpha value is -0.430. The van der Waals surface area contributed by atoms with Crippen LogP contribution in [0.1, 0.15) is 30.4 Å². The maximum Gasteiger partial charge on any atom is 0.243 e. The van der Waals surface area contributed by atoms with Gasteiger partial charge < -0.3 is 5.73 Å². The highest BCUT2D eigenvalue weighted by atomic mass is 79.9. The fraction of sp³-hybridized carbons (Fsp3) is 0.571. The SMILES string of the molecule is Cc1cc(S(=O)(=O)N2CCCCC2CN)c(C)cc1Br. The van der Waals surface area contributed by atoms with Gasteiger partial charge in [-0.15, -0.1) is 0 Å². The highest BCUT2D eigenvalue weighted by Gasteiger charge is 2.33. The van der Waals surface area contributed by atoms with E-state index in [1.54, 1.807) is 10.4 Å². The van der Waals surface area contributed by atoms with Gasteiger partial charge in [-0.2, -0.15) is 4.31 Å². The van der Waals surface area contributed by atoms with Crippen LogP contribution in [0.15, 0.2) is 21.5 Å². The molecule has 2 N–H and O–H groups in total. The van der Waals surface area contributed by atoms with E-state index in [1.807, 2.05) is 19.9 Å². The number of piperidine rings is 1. The molecule has 1 aromatic carbocycles. The van der Waals surface area contributed by atoms with Crippen molar-refractivity contribution in [2.45, 2.75) is 44.0 Å². The minimum Gasteiger partial charge on any atom is -0.329 e. The number of sulfonamides is 1. The van der Waals surface area contributed by atoms with Gasteiger partial charge in [0.25, 0.3) is 0 Å². The lowest BCUT2D eigenvalue weighted by Gasteiger charge is -2.34. The van der Waals surface area contributed by atoms with Crippen molar-refractivity contribution < 1.29 is 8.42 Å². The van der Waals surface area contributed by atoms with Gasteiger partial charge in [-0.1, -0.05) is 22.4 Å². The third-order valence-electron chi connectivity index (χ3n) is 3.89. The maximum atomic E-state index is 12.9. The van der Waals surface area contributed by atoms with Crippen LogP contribution in [0.25, 0.3) is 0 Å². The average molecular weight is 361 g/mol. The standard InChI is InChI=1S/C14H21BrN2O2S/c1-10-8-14(11(2)7-13(10)15)20(18,19)17-6-4-3-5-12(17)9-16/h7-8,12H,3-6,9,16H2,1-2H3. The van der Waals surface area contributed by atoms with Crippen LogP contribution in [0.2, 0.25) is 0 Å². The molecule has 112 valence electrons. The molecule has 1 atom stereocenters. The molecule has 1 saturated heterocycles. The van der Waals surface area contributed by atoms with E-state index in [4.69, 9.17) is 5.73 Å². The molecule has 0 amide bonds. The van der Waals surface area contributed by atoms with Crippen molar-refractivity contribution in [3.63, 3.8) is 0 Å². The van der Waals surface area contributed by atoms with Gasteiger partial charge in [0.15, 0.2) is 0 Å². The molecule has 4 nitrogen and oxygen atoms in total. The Morgan fingerprint density at radius 2 is 2.00 bits per heavy atom. The second kappa shape index (κ2) is 6.13. The Bertz CT molecular complexity index is 601. The molecule has 6 heteroatoms. The van der Waals surface area contributed by atoms with Crippen LogP contribution < -0.4 is 5.73 Å². The average Bonchev–Trinajstić information content (AvgIpc) is 2.42. The minimum absolute atomic E-state index is 0.0721. The Balaban J connectivity index is 2.46. The molecular weight excluding hydrogens is 340 g/mol. The lowest BCUT2D eigenvalue weighted by molar-refractivity contribution is 0.257. The van der Waals surface area contributed by atoms with Crippen LogP contribution in [0.4, 0.5) is 0 Å². The van der Waals surface area contributed by atoms with Gasteiger partial charge in [0, 0.05) is 23.6 Å². The molecule has 1 aliphatic heterocycles. The summed E-state index contributed by atoms with van der Waals surface area (Å²) in [7, 11) is -3.46. The Morgan fingerprint density at radius 1 is 1.30 bits per heavy atom. The van der Waals surface area contributed by atoms with Crippen molar-refractivity contribution in [3.05, 3.63) is 27.7 Å². The van der Waals surface area contributed by atoms with Gasteiger partial charge in [-0.25, -0.2) is 8.42 Å². The van der Waals surface area contributed by atoms with E-state index in [2.05, 4.69) is 15.9 Å². The van der Waals surface area contributed by atoms with Crippen LogP contribution in [0, 0.1) is 13.8 Å². The van der Waals surface area contributed by atoms with Crippen LogP contribution in [-0.4, -0.2) is 31.9 Å². The smallest absolute Gasteiger partial charge is 0.243 e. The zero-order valence-electron chi connectivity index (χ0n) is 11.9. The van der Waals surface area contributed by atoms with Gasteiger partial charge in [-0.05, 0) is 49.9 Å². The zero-order chi connectivity index (χ0) is 14.9. The van der Waals surface area contributed by atoms with Crippen molar-refractivity contribution in [3.8, 4) is 0 Å². The van der Waals surface area contributed by atoms with Crippen molar-refractivity contribution >= 4 is 26.0 Å². The van der Waals surface area contributed by atoms with Crippen molar-refractivity contribution in [1.29, 1.82) is 0 Å². The summed E-state index contributed by atoms with van der Waals surface area (Å²) in [6.07, 6.45) is 2.81. The first-order valence-corrected chi connectivity index (χ1v) is 9.10. The third kappa shape index (κ3) is 2.93. The largest absolute Gasteiger partial charge is 0.329 e. The Kier molecular flexibility index (Phi) is 4.89. The predicted octanol–water partition coefficient (Wildman–Crippen LogP) is 2.57. The minimum atomic E-state index is -3.46. The summed E-state index contributed by atoms with van der Waals surface area (Å²) in [5.74, 6) is 0. The molecule has 0 radical (unpaired) electrons. The number of rotatable bonds is 3. The van der Waals surface area contributed by atoms with Gasteiger partial charge >= 0.3 is 0 Å². The Morgan fingerprint density at radius 3 is 2.65 bits per heavy atom. The van der Waals surface area contributed by atoms with Crippen LogP contribution in [0.5, 0.6) is 0 Å². The summed E-state index contributed by atoms with van der Waals surface area (Å²) in [6.45, 7) is 4.68. The van der Waals surface area contributed by atoms with Crippen molar-refractivity contribution in [2.24, 2.45) is 5.73 Å². The number of nitrogens with zero attached hydrogens (tertiary/aromatic N) is 1. The van der Waals surface area contributed by atoms with Crippen LogP contribution in [0.3, 0.4) is 0 Å². The first-order chi connectivity index (χ1) is 9.37. The van der Waals surface area contributed by atoms with Crippen LogP contribution >= 0.6 is 15.9 Å². The highest BCUT2D eigenvalue weighted by molar-refractivity contribution is 9.10. The Labute approximate surface area is 129 Å². The third-order valence-corrected chi connectivity index (χ3v) is 6.84. The van der Waals surface area contributed by atoms with E-state index in [0.29, 0.717) is 18.0 Å². The summed E-state index contributed by atoms with van der Waals surface area (Å²) < 4.78 is 28.3. The fourth-order valence-electron chi connectivity index (χ4n) is 2.68. The molecule has 0 bridgehead atoms. The van der Waals surface area contributed by atoms with Crippen LogP contribution in [-0.2, 0) is 10.0 Å². The molecule has 2 rings (SSSR count). The number of aryl methyl sites for hydroxylation is 2. The number of hydrogen-bond acceptors (Lipinski definition) is 3. The number of halogens is 1. The van der Waals surface area contributed by atoms with Gasteiger partial charge in [0.05, 0.1) is 4.90 Å².